The van der Waals surface area contributed by atoms with Crippen LogP contribution in [0.1, 0.15) is 58.1 Å². The van der Waals surface area contributed by atoms with Crippen molar-refractivity contribution in [2.75, 3.05) is 19.6 Å². The van der Waals surface area contributed by atoms with E-state index in [9.17, 15) is 0 Å². The van der Waals surface area contributed by atoms with Gasteiger partial charge in [0.15, 0.2) is 0 Å². The van der Waals surface area contributed by atoms with Crippen LogP contribution in [0, 0.1) is 11.3 Å². The number of hydrogen-bond donors (Lipinski definition) is 1. The number of benzene rings is 1. The quantitative estimate of drug-likeness (QED) is 0.879. The van der Waals surface area contributed by atoms with E-state index in [4.69, 9.17) is 0 Å². The molecule has 0 bridgehead atoms. The van der Waals surface area contributed by atoms with Gasteiger partial charge in [-0.2, -0.15) is 0 Å². The molecule has 0 aromatic heterocycles. The highest BCUT2D eigenvalue weighted by Gasteiger charge is 2.35. The van der Waals surface area contributed by atoms with Gasteiger partial charge in [0.1, 0.15) is 0 Å². The summed E-state index contributed by atoms with van der Waals surface area (Å²) in [6, 6.07) is 12.4. The fraction of sp³-hybridized carbons (Fsp3) is 0.700. The summed E-state index contributed by atoms with van der Waals surface area (Å²) >= 11 is 0. The monoisotopic (exact) mass is 300 g/mol. The van der Waals surface area contributed by atoms with Crippen molar-refractivity contribution < 1.29 is 0 Å². The Hall–Kier alpha value is -0.860. The number of piperazine rings is 1. The molecule has 122 valence electrons. The van der Waals surface area contributed by atoms with Gasteiger partial charge in [-0.1, -0.05) is 51.1 Å². The van der Waals surface area contributed by atoms with Crippen LogP contribution in [-0.2, 0) is 0 Å². The standard InChI is InChI=1S/C20H32N2/c1-20(2,3)17-9-11-18(12-10-17)22-14-13-21-15-19(22)16-7-5-4-6-8-16/h4-8,17-19,21H,9-15H2,1-3H3. The lowest BCUT2D eigenvalue weighted by Crippen LogP contribution is -2.51. The van der Waals surface area contributed by atoms with Gasteiger partial charge in [-0.05, 0) is 42.6 Å². The minimum absolute atomic E-state index is 0.479. The van der Waals surface area contributed by atoms with Gasteiger partial charge >= 0.3 is 0 Å². The molecule has 1 atom stereocenters. The van der Waals surface area contributed by atoms with Gasteiger partial charge in [0.2, 0.25) is 0 Å². The van der Waals surface area contributed by atoms with Crippen molar-refractivity contribution in [3.05, 3.63) is 35.9 Å². The summed E-state index contributed by atoms with van der Waals surface area (Å²) < 4.78 is 0. The Balaban J connectivity index is 1.68. The molecule has 1 N–H and O–H groups in total. The van der Waals surface area contributed by atoms with E-state index in [1.165, 1.54) is 37.8 Å². The zero-order chi connectivity index (χ0) is 15.6. The first-order valence-corrected chi connectivity index (χ1v) is 9.07. The largest absolute Gasteiger partial charge is 0.314 e. The van der Waals surface area contributed by atoms with E-state index in [1.54, 1.807) is 0 Å². The van der Waals surface area contributed by atoms with Gasteiger partial charge in [-0.15, -0.1) is 0 Å². The summed E-state index contributed by atoms with van der Waals surface area (Å²) in [6.07, 6.45) is 5.57. The molecule has 1 aliphatic carbocycles. The molecule has 0 radical (unpaired) electrons. The van der Waals surface area contributed by atoms with Gasteiger partial charge in [-0.25, -0.2) is 0 Å². The molecule has 1 saturated heterocycles. The van der Waals surface area contributed by atoms with Gasteiger partial charge in [-0.3, -0.25) is 4.90 Å². The summed E-state index contributed by atoms with van der Waals surface area (Å²) in [6.45, 7) is 10.7. The van der Waals surface area contributed by atoms with Crippen molar-refractivity contribution in [2.45, 2.75) is 58.5 Å². The van der Waals surface area contributed by atoms with E-state index in [-0.39, 0.29) is 0 Å². The average Bonchev–Trinajstić information content (AvgIpc) is 2.55. The molecule has 2 nitrogen and oxygen atoms in total. The second-order valence-corrected chi connectivity index (χ2v) is 8.24. The summed E-state index contributed by atoms with van der Waals surface area (Å²) in [4.78, 5) is 2.80. The maximum absolute atomic E-state index is 3.59. The molecule has 2 heteroatoms. The molecular weight excluding hydrogens is 268 g/mol. The van der Waals surface area contributed by atoms with Crippen LogP contribution in [-0.4, -0.2) is 30.6 Å². The maximum Gasteiger partial charge on any atom is 0.0476 e. The first-order chi connectivity index (χ1) is 10.6. The Labute approximate surface area is 136 Å². The van der Waals surface area contributed by atoms with Crippen LogP contribution in [0.3, 0.4) is 0 Å². The summed E-state index contributed by atoms with van der Waals surface area (Å²) in [5, 5.41) is 3.59. The second-order valence-electron chi connectivity index (χ2n) is 8.24. The Bertz CT molecular complexity index is 454. The third kappa shape index (κ3) is 3.55. The molecule has 1 unspecified atom stereocenters. The molecule has 22 heavy (non-hydrogen) atoms. The van der Waals surface area contributed by atoms with Crippen molar-refractivity contribution in [1.82, 2.24) is 10.2 Å². The van der Waals surface area contributed by atoms with E-state index in [0.717, 1.165) is 25.0 Å². The number of hydrogen-bond acceptors (Lipinski definition) is 2. The van der Waals surface area contributed by atoms with Crippen LogP contribution >= 0.6 is 0 Å². The van der Waals surface area contributed by atoms with Gasteiger partial charge in [0, 0.05) is 31.7 Å². The van der Waals surface area contributed by atoms with Crippen molar-refractivity contribution in [2.24, 2.45) is 11.3 Å². The lowest BCUT2D eigenvalue weighted by atomic mass is 9.71. The van der Waals surface area contributed by atoms with E-state index < -0.39 is 0 Å². The van der Waals surface area contributed by atoms with Gasteiger partial charge in [0.25, 0.3) is 0 Å². The first kappa shape index (κ1) is 16.0. The molecule has 1 aliphatic heterocycles. The van der Waals surface area contributed by atoms with Crippen LogP contribution in [0.25, 0.3) is 0 Å². The second kappa shape index (κ2) is 6.72. The molecule has 1 aromatic carbocycles. The predicted octanol–water partition coefficient (Wildman–Crippen LogP) is 4.24. The molecule has 1 saturated carbocycles. The lowest BCUT2D eigenvalue weighted by Gasteiger charge is -2.46. The highest BCUT2D eigenvalue weighted by atomic mass is 15.2. The zero-order valence-electron chi connectivity index (χ0n) is 14.5. The SMILES string of the molecule is CC(C)(C)C1CCC(N2CCNCC2c2ccccc2)CC1. The Morgan fingerprint density at radius 3 is 2.32 bits per heavy atom. The Morgan fingerprint density at radius 2 is 1.68 bits per heavy atom. The molecule has 1 heterocycles. The minimum atomic E-state index is 0.479. The van der Waals surface area contributed by atoms with Crippen molar-refractivity contribution >= 4 is 0 Å². The summed E-state index contributed by atoms with van der Waals surface area (Å²) in [5.74, 6) is 0.904. The van der Waals surface area contributed by atoms with Crippen molar-refractivity contribution in [3.8, 4) is 0 Å². The molecule has 0 amide bonds. The molecule has 3 rings (SSSR count). The van der Waals surface area contributed by atoms with E-state index >= 15 is 0 Å². The maximum atomic E-state index is 3.59. The average molecular weight is 300 g/mol. The topological polar surface area (TPSA) is 15.3 Å². The van der Waals surface area contributed by atoms with Crippen molar-refractivity contribution in [1.29, 1.82) is 0 Å². The third-order valence-corrected chi connectivity index (χ3v) is 5.86. The van der Waals surface area contributed by atoms with E-state index in [2.05, 4.69) is 61.3 Å². The Kier molecular flexibility index (Phi) is 4.89. The van der Waals surface area contributed by atoms with E-state index in [1.807, 2.05) is 0 Å². The first-order valence-electron chi connectivity index (χ1n) is 9.07. The lowest BCUT2D eigenvalue weighted by molar-refractivity contribution is 0.0518. The fourth-order valence-corrected chi connectivity index (χ4v) is 4.42. The van der Waals surface area contributed by atoms with Crippen LogP contribution in [0.2, 0.25) is 0 Å². The molecule has 1 aromatic rings. The van der Waals surface area contributed by atoms with Crippen LogP contribution in [0.15, 0.2) is 30.3 Å². The third-order valence-electron chi connectivity index (χ3n) is 5.86. The number of rotatable bonds is 2. The highest BCUT2D eigenvalue weighted by Crippen LogP contribution is 2.40. The summed E-state index contributed by atoms with van der Waals surface area (Å²) in [7, 11) is 0. The van der Waals surface area contributed by atoms with Gasteiger partial charge < -0.3 is 5.32 Å². The number of nitrogens with zero attached hydrogens (tertiary/aromatic N) is 1. The highest BCUT2D eigenvalue weighted by molar-refractivity contribution is 5.20. The number of nitrogens with one attached hydrogen (secondary N) is 1. The minimum Gasteiger partial charge on any atom is -0.314 e. The summed E-state index contributed by atoms with van der Waals surface area (Å²) in [5.41, 5.74) is 1.96. The smallest absolute Gasteiger partial charge is 0.0476 e. The van der Waals surface area contributed by atoms with Gasteiger partial charge in [0.05, 0.1) is 0 Å². The molecule has 0 spiro atoms. The molecular formula is C20H32N2. The Morgan fingerprint density at radius 1 is 1.00 bits per heavy atom. The predicted molar refractivity (Wildman–Crippen MR) is 94.0 cm³/mol. The zero-order valence-corrected chi connectivity index (χ0v) is 14.5. The molecule has 2 fully saturated rings. The van der Waals surface area contributed by atoms with Crippen LogP contribution < -0.4 is 5.32 Å². The van der Waals surface area contributed by atoms with E-state index in [0.29, 0.717) is 11.5 Å². The normalized spacial score (nSPS) is 31.1. The van der Waals surface area contributed by atoms with Crippen molar-refractivity contribution in [3.63, 3.8) is 0 Å². The van der Waals surface area contributed by atoms with Crippen LogP contribution in [0.5, 0.6) is 0 Å². The fourth-order valence-electron chi connectivity index (χ4n) is 4.42. The molecule has 2 aliphatic rings. The van der Waals surface area contributed by atoms with Crippen LogP contribution in [0.4, 0.5) is 0 Å².